The number of ether oxygens (including phenoxy) is 2. The van der Waals surface area contributed by atoms with E-state index in [0.717, 1.165) is 66.0 Å². The monoisotopic (exact) mass is 491 g/mol. The number of hydrazone groups is 1. The topological polar surface area (TPSA) is 37.3 Å². The van der Waals surface area contributed by atoms with Crippen LogP contribution in [0.25, 0.3) is 0 Å². The van der Waals surface area contributed by atoms with E-state index in [9.17, 15) is 8.78 Å². The van der Waals surface area contributed by atoms with Gasteiger partial charge < -0.3 is 14.4 Å². The van der Waals surface area contributed by atoms with Gasteiger partial charge in [-0.2, -0.15) is 13.9 Å². The molecular weight excluding hydrogens is 468 g/mol. The van der Waals surface area contributed by atoms with Crippen LogP contribution in [0.1, 0.15) is 43.4 Å². The average molecular weight is 492 g/mol. The number of nitrogens with zero attached hydrogens (tertiary/aromatic N) is 3. The van der Waals surface area contributed by atoms with Crippen molar-refractivity contribution in [2.24, 2.45) is 5.10 Å². The summed E-state index contributed by atoms with van der Waals surface area (Å²) in [7, 11) is 0. The number of likely N-dealkylation sites (tertiary alicyclic amines) is 1. The molecule has 1 fully saturated rings. The molecule has 0 radical (unpaired) electrons. The third kappa shape index (κ3) is 3.80. The predicted octanol–water partition coefficient (Wildman–Crippen LogP) is 5.41. The standard InChI is InChI=1S/C23H24BrF2N3O2/c1-2-28-11-9-23(10-12-28)29-20(18-13-16(24)5-8-21(18)31-23)14-19(27-29)15-3-6-17(7-4-15)30-22(25)26/h3-8,13,20,22H,2,9-12,14H2,1H3/t20-/m0/s1. The number of alkyl halides is 2. The number of rotatable bonds is 4. The van der Waals surface area contributed by atoms with Gasteiger partial charge >= 0.3 is 6.61 Å². The zero-order valence-corrected chi connectivity index (χ0v) is 18.8. The number of piperidine rings is 1. The van der Waals surface area contributed by atoms with Gasteiger partial charge in [0.25, 0.3) is 0 Å². The summed E-state index contributed by atoms with van der Waals surface area (Å²) in [4.78, 5) is 2.43. The largest absolute Gasteiger partial charge is 0.466 e. The molecule has 2 aromatic carbocycles. The maximum Gasteiger partial charge on any atom is 0.387 e. The van der Waals surface area contributed by atoms with E-state index in [-0.39, 0.29) is 11.8 Å². The molecule has 2 aromatic rings. The Morgan fingerprint density at radius 1 is 1.19 bits per heavy atom. The fourth-order valence-electron chi connectivity index (χ4n) is 4.81. The molecule has 0 unspecified atom stereocenters. The molecule has 164 valence electrons. The van der Waals surface area contributed by atoms with Crippen LogP contribution in [0.5, 0.6) is 11.5 Å². The highest BCUT2D eigenvalue weighted by atomic mass is 79.9. The molecule has 31 heavy (non-hydrogen) atoms. The zero-order valence-electron chi connectivity index (χ0n) is 17.2. The Labute approximate surface area is 188 Å². The molecule has 3 aliphatic rings. The summed E-state index contributed by atoms with van der Waals surface area (Å²) in [5, 5.41) is 7.19. The highest BCUT2D eigenvalue weighted by Gasteiger charge is 2.51. The van der Waals surface area contributed by atoms with Crippen LogP contribution in [0, 0.1) is 0 Å². The average Bonchev–Trinajstić information content (AvgIpc) is 3.22. The van der Waals surface area contributed by atoms with Crippen molar-refractivity contribution < 1.29 is 18.3 Å². The lowest BCUT2D eigenvalue weighted by molar-refractivity contribution is -0.149. The first-order chi connectivity index (χ1) is 15.0. The van der Waals surface area contributed by atoms with E-state index >= 15 is 0 Å². The first-order valence-corrected chi connectivity index (χ1v) is 11.4. The van der Waals surface area contributed by atoms with Gasteiger partial charge in [-0.15, -0.1) is 0 Å². The quantitative estimate of drug-likeness (QED) is 0.573. The first-order valence-electron chi connectivity index (χ1n) is 10.6. The summed E-state index contributed by atoms with van der Waals surface area (Å²) >= 11 is 3.59. The van der Waals surface area contributed by atoms with Crippen molar-refractivity contribution in [1.29, 1.82) is 0 Å². The van der Waals surface area contributed by atoms with Gasteiger partial charge in [-0.25, -0.2) is 5.01 Å². The molecule has 0 aliphatic carbocycles. The van der Waals surface area contributed by atoms with E-state index in [4.69, 9.17) is 9.84 Å². The maximum atomic E-state index is 12.5. The molecule has 0 N–H and O–H groups in total. The summed E-state index contributed by atoms with van der Waals surface area (Å²) in [6.45, 7) is 2.32. The first kappa shape index (κ1) is 20.7. The summed E-state index contributed by atoms with van der Waals surface area (Å²) in [6.07, 6.45) is 2.50. The van der Waals surface area contributed by atoms with Gasteiger partial charge in [-0.1, -0.05) is 22.9 Å². The van der Waals surface area contributed by atoms with Gasteiger partial charge in [-0.3, -0.25) is 0 Å². The Bertz CT molecular complexity index is 991. The molecule has 0 aromatic heterocycles. The van der Waals surface area contributed by atoms with Gasteiger partial charge in [0, 0.05) is 42.4 Å². The second-order valence-corrected chi connectivity index (χ2v) is 9.09. The van der Waals surface area contributed by atoms with Crippen molar-refractivity contribution in [2.75, 3.05) is 19.6 Å². The van der Waals surface area contributed by atoms with Gasteiger partial charge in [0.05, 0.1) is 11.8 Å². The van der Waals surface area contributed by atoms with Gasteiger partial charge in [0.2, 0.25) is 5.72 Å². The SMILES string of the molecule is CCN1CCC2(CC1)Oc1ccc(Br)cc1[C@@H]1CC(c3ccc(OC(F)F)cc3)=NN12. The highest BCUT2D eigenvalue weighted by molar-refractivity contribution is 9.10. The number of fused-ring (bicyclic) bond motifs is 4. The van der Waals surface area contributed by atoms with Crippen molar-refractivity contribution in [3.63, 3.8) is 0 Å². The van der Waals surface area contributed by atoms with E-state index in [2.05, 4.69) is 43.6 Å². The lowest BCUT2D eigenvalue weighted by Crippen LogP contribution is -2.59. The molecule has 1 saturated heterocycles. The van der Waals surface area contributed by atoms with Crippen LogP contribution in [0.2, 0.25) is 0 Å². The Kier molecular flexibility index (Phi) is 5.38. The zero-order chi connectivity index (χ0) is 21.6. The van der Waals surface area contributed by atoms with E-state index in [1.807, 2.05) is 12.1 Å². The molecule has 3 heterocycles. The fourth-order valence-corrected chi connectivity index (χ4v) is 5.18. The van der Waals surface area contributed by atoms with Crippen molar-refractivity contribution >= 4 is 21.6 Å². The lowest BCUT2D eigenvalue weighted by Gasteiger charge is -2.51. The molecule has 0 saturated carbocycles. The normalized spacial score (nSPS) is 22.2. The minimum atomic E-state index is -2.83. The van der Waals surface area contributed by atoms with E-state index in [1.54, 1.807) is 24.3 Å². The van der Waals surface area contributed by atoms with Crippen molar-refractivity contribution in [3.8, 4) is 11.5 Å². The predicted molar refractivity (Wildman–Crippen MR) is 118 cm³/mol. The Morgan fingerprint density at radius 2 is 1.94 bits per heavy atom. The summed E-state index contributed by atoms with van der Waals surface area (Å²) in [6, 6.07) is 13.0. The van der Waals surface area contributed by atoms with Crippen LogP contribution >= 0.6 is 15.9 Å². The van der Waals surface area contributed by atoms with Crippen molar-refractivity contribution in [2.45, 2.75) is 44.6 Å². The molecule has 8 heteroatoms. The van der Waals surface area contributed by atoms with Crippen molar-refractivity contribution in [3.05, 3.63) is 58.1 Å². The van der Waals surface area contributed by atoms with Crippen LogP contribution in [0.4, 0.5) is 8.78 Å². The highest BCUT2D eigenvalue weighted by Crippen LogP contribution is 2.50. The maximum absolute atomic E-state index is 12.5. The molecule has 5 rings (SSSR count). The van der Waals surface area contributed by atoms with Crippen LogP contribution in [-0.2, 0) is 0 Å². The van der Waals surface area contributed by atoms with Crippen molar-refractivity contribution in [1.82, 2.24) is 9.91 Å². The van der Waals surface area contributed by atoms with E-state index in [1.165, 1.54) is 0 Å². The second-order valence-electron chi connectivity index (χ2n) is 8.18. The van der Waals surface area contributed by atoms with Crippen LogP contribution in [0.15, 0.2) is 52.0 Å². The third-order valence-corrected chi connectivity index (χ3v) is 6.95. The molecule has 5 nitrogen and oxygen atoms in total. The van der Waals surface area contributed by atoms with Crippen LogP contribution in [0.3, 0.4) is 0 Å². The number of halogens is 3. The van der Waals surface area contributed by atoms with E-state index in [0.29, 0.717) is 0 Å². The Hall–Kier alpha value is -2.19. The Balaban J connectivity index is 1.49. The van der Waals surface area contributed by atoms with Gasteiger partial charge in [-0.05, 0) is 54.6 Å². The van der Waals surface area contributed by atoms with Crippen LogP contribution < -0.4 is 9.47 Å². The summed E-state index contributed by atoms with van der Waals surface area (Å²) in [5.41, 5.74) is 2.50. The lowest BCUT2D eigenvalue weighted by atomic mass is 9.90. The molecule has 0 amide bonds. The number of benzene rings is 2. The molecule has 3 aliphatic heterocycles. The number of hydrogen-bond acceptors (Lipinski definition) is 5. The smallest absolute Gasteiger partial charge is 0.387 e. The Morgan fingerprint density at radius 3 is 2.61 bits per heavy atom. The van der Waals surface area contributed by atoms with Crippen LogP contribution in [-0.4, -0.2) is 47.6 Å². The molecule has 0 bridgehead atoms. The molecule has 1 atom stereocenters. The minimum Gasteiger partial charge on any atom is -0.466 e. The van der Waals surface area contributed by atoms with E-state index < -0.39 is 12.3 Å². The molecular formula is C23H24BrF2N3O2. The third-order valence-electron chi connectivity index (χ3n) is 6.46. The minimum absolute atomic E-state index is 0.0846. The van der Waals surface area contributed by atoms with Gasteiger partial charge in [0.1, 0.15) is 11.5 Å². The molecule has 1 spiro atoms. The fraction of sp³-hybridized carbons (Fsp3) is 0.435. The van der Waals surface area contributed by atoms with Gasteiger partial charge in [0.15, 0.2) is 0 Å². The summed E-state index contributed by atoms with van der Waals surface area (Å²) in [5.74, 6) is 1.07. The number of hydrogen-bond donors (Lipinski definition) is 0. The summed E-state index contributed by atoms with van der Waals surface area (Å²) < 4.78 is 37.1. The second kappa shape index (κ2) is 8.06.